The minimum absolute atomic E-state index is 0.362. The van der Waals surface area contributed by atoms with Crippen molar-refractivity contribution in [3.63, 3.8) is 0 Å². The van der Waals surface area contributed by atoms with E-state index in [0.29, 0.717) is 22.1 Å². The quantitative estimate of drug-likeness (QED) is 0.833. The van der Waals surface area contributed by atoms with Crippen LogP contribution in [0.2, 0.25) is 5.02 Å². The van der Waals surface area contributed by atoms with Crippen LogP contribution >= 0.6 is 11.6 Å². The van der Waals surface area contributed by atoms with Gasteiger partial charge in [-0.05, 0) is 36.8 Å². The van der Waals surface area contributed by atoms with E-state index in [1.54, 1.807) is 43.3 Å². The molecular formula is C17H19ClN2O4S. The molecule has 1 amide bonds. The molecule has 0 heterocycles. The standard InChI is InChI=1S/C17H19ClN2O4S/c1-12-6-4-5-7-15(12)20(25(3,22)23)11-17(21)19-14-10-13(18)8-9-16(14)24-2/h4-10H,11H2,1-3H3,(H,19,21). The molecule has 6 nitrogen and oxygen atoms in total. The third-order valence-corrected chi connectivity index (χ3v) is 4.87. The van der Waals surface area contributed by atoms with E-state index in [-0.39, 0.29) is 6.54 Å². The maximum absolute atomic E-state index is 12.4. The molecule has 1 N–H and O–H groups in total. The van der Waals surface area contributed by atoms with Gasteiger partial charge in [-0.1, -0.05) is 29.8 Å². The number of carbonyl (C=O) groups is 1. The lowest BCUT2D eigenvalue weighted by molar-refractivity contribution is -0.114. The van der Waals surface area contributed by atoms with Gasteiger partial charge in [0.15, 0.2) is 0 Å². The van der Waals surface area contributed by atoms with Crippen LogP contribution in [0.5, 0.6) is 5.75 Å². The van der Waals surface area contributed by atoms with Gasteiger partial charge in [0.05, 0.1) is 24.7 Å². The lowest BCUT2D eigenvalue weighted by Gasteiger charge is -2.23. The Kier molecular flexibility index (Phi) is 5.92. The maximum Gasteiger partial charge on any atom is 0.245 e. The summed E-state index contributed by atoms with van der Waals surface area (Å²) in [6.07, 6.45) is 1.06. The average molecular weight is 383 g/mol. The van der Waals surface area contributed by atoms with Crippen LogP contribution in [0.1, 0.15) is 5.56 Å². The Balaban J connectivity index is 2.27. The number of sulfonamides is 1. The van der Waals surface area contributed by atoms with Gasteiger partial charge >= 0.3 is 0 Å². The molecule has 0 aromatic heterocycles. The molecule has 0 aliphatic heterocycles. The number of aryl methyl sites for hydroxylation is 1. The molecule has 25 heavy (non-hydrogen) atoms. The highest BCUT2D eigenvalue weighted by molar-refractivity contribution is 7.92. The largest absolute Gasteiger partial charge is 0.495 e. The number of halogens is 1. The molecule has 0 spiro atoms. The summed E-state index contributed by atoms with van der Waals surface area (Å²) in [5.41, 5.74) is 1.58. The molecule has 2 aromatic carbocycles. The molecule has 0 fully saturated rings. The van der Waals surface area contributed by atoms with Crippen molar-refractivity contribution in [2.45, 2.75) is 6.92 Å². The van der Waals surface area contributed by atoms with E-state index in [2.05, 4.69) is 5.32 Å². The van der Waals surface area contributed by atoms with E-state index in [1.807, 2.05) is 0 Å². The highest BCUT2D eigenvalue weighted by atomic mass is 35.5. The van der Waals surface area contributed by atoms with Gasteiger partial charge < -0.3 is 10.1 Å². The number of benzene rings is 2. The summed E-state index contributed by atoms with van der Waals surface area (Å²) < 4.78 is 30.5. The Morgan fingerprint density at radius 3 is 2.52 bits per heavy atom. The van der Waals surface area contributed by atoms with Crippen molar-refractivity contribution in [3.8, 4) is 5.75 Å². The normalized spacial score (nSPS) is 11.0. The van der Waals surface area contributed by atoms with Gasteiger partial charge in [0.25, 0.3) is 0 Å². The van der Waals surface area contributed by atoms with E-state index in [4.69, 9.17) is 16.3 Å². The number of carbonyl (C=O) groups excluding carboxylic acids is 1. The molecule has 8 heteroatoms. The van der Waals surface area contributed by atoms with Gasteiger partial charge in [0.2, 0.25) is 15.9 Å². The molecule has 0 saturated carbocycles. The zero-order valence-electron chi connectivity index (χ0n) is 14.1. The van der Waals surface area contributed by atoms with Crippen LogP contribution in [0.3, 0.4) is 0 Å². The maximum atomic E-state index is 12.4. The molecule has 0 atom stereocenters. The molecule has 0 bridgehead atoms. The lowest BCUT2D eigenvalue weighted by Crippen LogP contribution is -2.37. The fourth-order valence-corrected chi connectivity index (χ4v) is 3.41. The third kappa shape index (κ3) is 4.87. The Bertz CT molecular complexity index is 884. The number of hydrogen-bond donors (Lipinski definition) is 1. The number of hydrogen-bond acceptors (Lipinski definition) is 4. The summed E-state index contributed by atoms with van der Waals surface area (Å²) in [5.74, 6) is -0.0752. The van der Waals surface area contributed by atoms with Crippen molar-refractivity contribution in [1.29, 1.82) is 0 Å². The molecule has 2 aromatic rings. The predicted molar refractivity (Wildman–Crippen MR) is 100 cm³/mol. The summed E-state index contributed by atoms with van der Waals surface area (Å²) in [4.78, 5) is 12.4. The van der Waals surface area contributed by atoms with Crippen LogP contribution in [0.25, 0.3) is 0 Å². The summed E-state index contributed by atoms with van der Waals surface area (Å²) in [6.45, 7) is 1.42. The summed E-state index contributed by atoms with van der Waals surface area (Å²) >= 11 is 5.94. The molecule has 0 saturated heterocycles. The number of para-hydroxylation sites is 1. The molecule has 0 aliphatic carbocycles. The van der Waals surface area contributed by atoms with Crippen molar-refractivity contribution < 1.29 is 17.9 Å². The smallest absolute Gasteiger partial charge is 0.245 e. The SMILES string of the molecule is COc1ccc(Cl)cc1NC(=O)CN(c1ccccc1C)S(C)(=O)=O. The van der Waals surface area contributed by atoms with E-state index in [0.717, 1.165) is 16.1 Å². The zero-order valence-corrected chi connectivity index (χ0v) is 15.7. The van der Waals surface area contributed by atoms with Gasteiger partial charge in [-0.2, -0.15) is 0 Å². The summed E-state index contributed by atoms with van der Waals surface area (Å²) in [7, 11) is -2.17. The first-order valence-corrected chi connectivity index (χ1v) is 9.61. The molecule has 2 rings (SSSR count). The van der Waals surface area contributed by atoms with Crippen molar-refractivity contribution in [2.75, 3.05) is 29.5 Å². The number of rotatable bonds is 6. The summed E-state index contributed by atoms with van der Waals surface area (Å²) in [5, 5.41) is 3.07. The van der Waals surface area contributed by atoms with Crippen LogP contribution in [0, 0.1) is 6.92 Å². The van der Waals surface area contributed by atoms with E-state index in [1.165, 1.54) is 13.2 Å². The first-order valence-electron chi connectivity index (χ1n) is 7.39. The minimum Gasteiger partial charge on any atom is -0.495 e. The lowest BCUT2D eigenvalue weighted by atomic mass is 10.2. The highest BCUT2D eigenvalue weighted by Crippen LogP contribution is 2.28. The van der Waals surface area contributed by atoms with Gasteiger partial charge in [0, 0.05) is 5.02 Å². The van der Waals surface area contributed by atoms with E-state index < -0.39 is 15.9 Å². The number of nitrogens with one attached hydrogen (secondary N) is 1. The molecule has 0 aliphatic rings. The van der Waals surface area contributed by atoms with Crippen molar-refractivity contribution in [2.24, 2.45) is 0 Å². The molecule has 134 valence electrons. The zero-order chi connectivity index (χ0) is 18.6. The van der Waals surface area contributed by atoms with Crippen molar-refractivity contribution in [1.82, 2.24) is 0 Å². The number of nitrogens with zero attached hydrogens (tertiary/aromatic N) is 1. The average Bonchev–Trinajstić information content (AvgIpc) is 2.53. The van der Waals surface area contributed by atoms with E-state index >= 15 is 0 Å². The topological polar surface area (TPSA) is 75.7 Å². The minimum atomic E-state index is -3.64. The second kappa shape index (κ2) is 7.76. The van der Waals surface area contributed by atoms with Crippen LogP contribution in [-0.2, 0) is 14.8 Å². The number of methoxy groups -OCH3 is 1. The van der Waals surface area contributed by atoms with Crippen LogP contribution in [0.4, 0.5) is 11.4 Å². The predicted octanol–water partition coefficient (Wildman–Crippen LogP) is 3.06. The van der Waals surface area contributed by atoms with Crippen molar-refractivity contribution in [3.05, 3.63) is 53.1 Å². The van der Waals surface area contributed by atoms with Gasteiger partial charge in [-0.25, -0.2) is 8.42 Å². The van der Waals surface area contributed by atoms with Crippen molar-refractivity contribution >= 4 is 38.9 Å². The van der Waals surface area contributed by atoms with Crippen LogP contribution in [0.15, 0.2) is 42.5 Å². The highest BCUT2D eigenvalue weighted by Gasteiger charge is 2.22. The number of amides is 1. The number of anilines is 2. The second-order valence-corrected chi connectivity index (χ2v) is 7.79. The van der Waals surface area contributed by atoms with Gasteiger partial charge in [0.1, 0.15) is 12.3 Å². The second-order valence-electron chi connectivity index (χ2n) is 5.45. The molecular weight excluding hydrogens is 364 g/mol. The summed E-state index contributed by atoms with van der Waals surface area (Å²) in [6, 6.07) is 11.8. The molecule has 0 radical (unpaired) electrons. The first kappa shape index (κ1) is 19.1. The fraction of sp³-hybridized carbons (Fsp3) is 0.235. The first-order chi connectivity index (χ1) is 11.7. The number of ether oxygens (including phenoxy) is 1. The third-order valence-electron chi connectivity index (χ3n) is 3.51. The Morgan fingerprint density at radius 1 is 1.24 bits per heavy atom. The monoisotopic (exact) mass is 382 g/mol. The van der Waals surface area contributed by atoms with Gasteiger partial charge in [-0.15, -0.1) is 0 Å². The Morgan fingerprint density at radius 2 is 1.92 bits per heavy atom. The van der Waals surface area contributed by atoms with Crippen LogP contribution in [-0.4, -0.2) is 34.2 Å². The Hall–Kier alpha value is -2.25. The fourth-order valence-electron chi connectivity index (χ4n) is 2.32. The Labute approximate surface area is 152 Å². The van der Waals surface area contributed by atoms with E-state index in [9.17, 15) is 13.2 Å². The van der Waals surface area contributed by atoms with Gasteiger partial charge in [-0.3, -0.25) is 9.10 Å². The van der Waals surface area contributed by atoms with Crippen LogP contribution < -0.4 is 14.4 Å². The molecule has 0 unspecified atom stereocenters.